The molecule has 0 spiro atoms. The molecule has 2 aromatic rings. The lowest BCUT2D eigenvalue weighted by Crippen LogP contribution is -2.22. The van der Waals surface area contributed by atoms with Gasteiger partial charge in [-0.15, -0.1) is 0 Å². The third-order valence-corrected chi connectivity index (χ3v) is 5.18. The van der Waals surface area contributed by atoms with Gasteiger partial charge in [0.25, 0.3) is 5.91 Å². The number of hydrogen-bond donors (Lipinski definition) is 1. The maximum atomic E-state index is 11.9. The number of halogens is 1. The van der Waals surface area contributed by atoms with Crippen molar-refractivity contribution in [1.29, 1.82) is 0 Å². The molecule has 0 saturated carbocycles. The van der Waals surface area contributed by atoms with Gasteiger partial charge in [-0.25, -0.2) is 12.7 Å². The van der Waals surface area contributed by atoms with Crippen molar-refractivity contribution in [2.75, 3.05) is 26.0 Å². The fourth-order valence-corrected chi connectivity index (χ4v) is 2.83. The Kier molecular flexibility index (Phi) is 5.82. The number of nitrogens with zero attached hydrogens (tertiary/aromatic N) is 1. The van der Waals surface area contributed by atoms with Crippen LogP contribution >= 0.6 is 11.6 Å². The number of hydrogen-bond acceptors (Lipinski definition) is 4. The number of carbonyl (C=O) groups is 1. The summed E-state index contributed by atoms with van der Waals surface area (Å²) in [7, 11) is -0.563. The summed E-state index contributed by atoms with van der Waals surface area (Å²) in [6, 6.07) is 12.6. The molecule has 1 amide bonds. The van der Waals surface area contributed by atoms with Crippen molar-refractivity contribution in [3.8, 4) is 5.75 Å². The largest absolute Gasteiger partial charge is 0.484 e. The first-order valence-electron chi connectivity index (χ1n) is 7.00. The van der Waals surface area contributed by atoms with Gasteiger partial charge >= 0.3 is 0 Å². The molecule has 0 atom stereocenters. The van der Waals surface area contributed by atoms with Gasteiger partial charge in [0.05, 0.1) is 4.90 Å². The Bertz CT molecular complexity index is 803. The molecule has 0 aliphatic rings. The summed E-state index contributed by atoms with van der Waals surface area (Å²) in [5.74, 6) is 0.0706. The van der Waals surface area contributed by atoms with E-state index in [1.54, 1.807) is 24.3 Å². The second kappa shape index (κ2) is 7.65. The van der Waals surface area contributed by atoms with Gasteiger partial charge in [-0.2, -0.15) is 0 Å². The van der Waals surface area contributed by atoms with Crippen LogP contribution in [0.4, 0.5) is 5.69 Å². The lowest BCUT2D eigenvalue weighted by molar-refractivity contribution is -0.118. The van der Waals surface area contributed by atoms with Gasteiger partial charge in [0.2, 0.25) is 10.0 Å². The van der Waals surface area contributed by atoms with E-state index in [1.165, 1.54) is 38.4 Å². The number of carbonyl (C=O) groups excluding carboxylic acids is 1. The molecular weight excluding hydrogens is 352 g/mol. The molecule has 8 heteroatoms. The minimum Gasteiger partial charge on any atom is -0.484 e. The highest BCUT2D eigenvalue weighted by Gasteiger charge is 2.16. The fourth-order valence-electron chi connectivity index (χ4n) is 1.80. The van der Waals surface area contributed by atoms with E-state index in [0.717, 1.165) is 4.31 Å². The standard InChI is InChI=1S/C16H17ClN2O4S/c1-19(2)24(21,22)15-9-7-14(8-10-15)23-11-16(20)18-13-5-3-12(17)4-6-13/h3-10H,11H2,1-2H3,(H,18,20). The molecule has 0 radical (unpaired) electrons. The first kappa shape index (κ1) is 18.3. The van der Waals surface area contributed by atoms with Crippen molar-refractivity contribution in [3.63, 3.8) is 0 Å². The number of nitrogens with one attached hydrogen (secondary N) is 1. The zero-order chi connectivity index (χ0) is 17.7. The Hall–Kier alpha value is -2.09. The molecule has 2 rings (SSSR count). The van der Waals surface area contributed by atoms with E-state index in [0.29, 0.717) is 16.5 Å². The molecule has 0 saturated heterocycles. The zero-order valence-corrected chi connectivity index (χ0v) is 14.8. The van der Waals surface area contributed by atoms with Crippen LogP contribution in [0, 0.1) is 0 Å². The Balaban J connectivity index is 1.92. The number of anilines is 1. The number of sulfonamides is 1. The van der Waals surface area contributed by atoms with Crippen LogP contribution in [-0.4, -0.2) is 39.3 Å². The number of rotatable bonds is 6. The third-order valence-electron chi connectivity index (χ3n) is 3.10. The molecular formula is C16H17ClN2O4S. The molecule has 0 heterocycles. The third kappa shape index (κ3) is 4.70. The SMILES string of the molecule is CN(C)S(=O)(=O)c1ccc(OCC(=O)Nc2ccc(Cl)cc2)cc1. The van der Waals surface area contributed by atoms with E-state index in [2.05, 4.69) is 5.32 Å². The van der Waals surface area contributed by atoms with E-state index in [-0.39, 0.29) is 17.4 Å². The molecule has 24 heavy (non-hydrogen) atoms. The van der Waals surface area contributed by atoms with Gasteiger partial charge in [-0.3, -0.25) is 4.79 Å². The lowest BCUT2D eigenvalue weighted by atomic mass is 10.3. The zero-order valence-electron chi connectivity index (χ0n) is 13.2. The fraction of sp³-hybridized carbons (Fsp3) is 0.188. The predicted octanol–water partition coefficient (Wildman–Crippen LogP) is 2.61. The summed E-state index contributed by atoms with van der Waals surface area (Å²) in [5, 5.41) is 3.25. The molecule has 1 N–H and O–H groups in total. The first-order valence-corrected chi connectivity index (χ1v) is 8.81. The highest BCUT2D eigenvalue weighted by molar-refractivity contribution is 7.89. The van der Waals surface area contributed by atoms with E-state index in [1.807, 2.05) is 0 Å². The minimum atomic E-state index is -3.48. The van der Waals surface area contributed by atoms with Gasteiger partial charge in [0.15, 0.2) is 6.61 Å². The van der Waals surface area contributed by atoms with Crippen LogP contribution in [0.3, 0.4) is 0 Å². The molecule has 6 nitrogen and oxygen atoms in total. The lowest BCUT2D eigenvalue weighted by Gasteiger charge is -2.12. The summed E-state index contributed by atoms with van der Waals surface area (Å²) >= 11 is 5.77. The van der Waals surface area contributed by atoms with Crippen molar-refractivity contribution in [2.24, 2.45) is 0 Å². The van der Waals surface area contributed by atoms with Crippen LogP contribution in [0.1, 0.15) is 0 Å². The van der Waals surface area contributed by atoms with Crippen molar-refractivity contribution in [1.82, 2.24) is 4.31 Å². The maximum absolute atomic E-state index is 11.9. The van der Waals surface area contributed by atoms with Crippen molar-refractivity contribution >= 4 is 33.2 Å². The first-order chi connectivity index (χ1) is 11.3. The summed E-state index contributed by atoms with van der Waals surface area (Å²) in [6.07, 6.45) is 0. The predicted molar refractivity (Wildman–Crippen MR) is 92.9 cm³/mol. The minimum absolute atomic E-state index is 0.158. The second-order valence-corrected chi connectivity index (χ2v) is 7.69. The molecule has 0 unspecified atom stereocenters. The van der Waals surface area contributed by atoms with Gasteiger partial charge in [-0.1, -0.05) is 11.6 Å². The van der Waals surface area contributed by atoms with E-state index in [9.17, 15) is 13.2 Å². The molecule has 128 valence electrons. The number of ether oxygens (including phenoxy) is 1. The average Bonchev–Trinajstić information content (AvgIpc) is 2.55. The van der Waals surface area contributed by atoms with Crippen molar-refractivity contribution in [3.05, 3.63) is 53.6 Å². The van der Waals surface area contributed by atoms with Gasteiger partial charge < -0.3 is 10.1 Å². The summed E-state index contributed by atoms with van der Waals surface area (Å²) < 4.78 is 30.4. The van der Waals surface area contributed by atoms with Gasteiger partial charge in [0.1, 0.15) is 5.75 Å². The molecule has 2 aromatic carbocycles. The quantitative estimate of drug-likeness (QED) is 0.850. The van der Waals surface area contributed by atoms with Crippen LogP contribution in [0.2, 0.25) is 5.02 Å². The van der Waals surface area contributed by atoms with Crippen LogP contribution in [-0.2, 0) is 14.8 Å². The normalized spacial score (nSPS) is 11.3. The van der Waals surface area contributed by atoms with Crippen LogP contribution in [0.5, 0.6) is 5.75 Å². The van der Waals surface area contributed by atoms with Gasteiger partial charge in [0, 0.05) is 24.8 Å². The summed E-state index contributed by atoms with van der Waals surface area (Å²) in [6.45, 7) is -0.192. The average molecular weight is 369 g/mol. The molecule has 0 aromatic heterocycles. The molecule has 0 aliphatic carbocycles. The van der Waals surface area contributed by atoms with Crippen molar-refractivity contribution < 1.29 is 17.9 Å². The monoisotopic (exact) mass is 368 g/mol. The Morgan fingerprint density at radius 2 is 1.67 bits per heavy atom. The van der Waals surface area contributed by atoms with Gasteiger partial charge in [-0.05, 0) is 48.5 Å². The molecule has 0 fully saturated rings. The van der Waals surface area contributed by atoms with Crippen LogP contribution in [0.25, 0.3) is 0 Å². The molecule has 0 bridgehead atoms. The number of amides is 1. The maximum Gasteiger partial charge on any atom is 0.262 e. The van der Waals surface area contributed by atoms with E-state index < -0.39 is 10.0 Å². The van der Waals surface area contributed by atoms with Crippen molar-refractivity contribution in [2.45, 2.75) is 4.90 Å². The Morgan fingerprint density at radius 3 is 2.21 bits per heavy atom. The van der Waals surface area contributed by atoms with Crippen LogP contribution < -0.4 is 10.1 Å². The summed E-state index contributed by atoms with van der Waals surface area (Å²) in [5.41, 5.74) is 0.612. The van der Waals surface area contributed by atoms with Crippen LogP contribution in [0.15, 0.2) is 53.4 Å². The number of benzene rings is 2. The topological polar surface area (TPSA) is 75.7 Å². The molecule has 0 aliphatic heterocycles. The summed E-state index contributed by atoms with van der Waals surface area (Å²) in [4.78, 5) is 12.0. The smallest absolute Gasteiger partial charge is 0.262 e. The Labute approximate surface area is 146 Å². The van der Waals surface area contributed by atoms with E-state index >= 15 is 0 Å². The second-order valence-electron chi connectivity index (χ2n) is 5.10. The Morgan fingerprint density at radius 1 is 1.08 bits per heavy atom. The van der Waals surface area contributed by atoms with E-state index in [4.69, 9.17) is 16.3 Å². The highest BCUT2D eigenvalue weighted by Crippen LogP contribution is 2.18. The highest BCUT2D eigenvalue weighted by atomic mass is 35.5.